The lowest BCUT2D eigenvalue weighted by atomic mass is 9.93. The zero-order valence-electron chi connectivity index (χ0n) is 11.2. The summed E-state index contributed by atoms with van der Waals surface area (Å²) in [6.45, 7) is 0. The van der Waals surface area contributed by atoms with Gasteiger partial charge < -0.3 is 20.4 Å². The molecule has 0 spiro atoms. The first-order valence-corrected chi connectivity index (χ1v) is 6.21. The molecule has 0 aliphatic heterocycles. The number of rotatable bonds is 4. The number of aliphatic carboxylic acids is 2. The molecule has 2 aromatic rings. The molecular formula is C16H12O6. The van der Waals surface area contributed by atoms with Gasteiger partial charge in [-0.05, 0) is 12.1 Å². The van der Waals surface area contributed by atoms with Crippen LogP contribution in [0.3, 0.4) is 0 Å². The van der Waals surface area contributed by atoms with Gasteiger partial charge in [0.05, 0.1) is 11.1 Å². The van der Waals surface area contributed by atoms with Crippen molar-refractivity contribution in [2.24, 2.45) is 0 Å². The Morgan fingerprint density at radius 2 is 0.955 bits per heavy atom. The molecule has 22 heavy (non-hydrogen) atoms. The highest BCUT2D eigenvalue weighted by Gasteiger charge is 2.26. The second kappa shape index (κ2) is 6.01. The number of phenolic OH excluding ortho intramolecular Hbond substituents is 2. The van der Waals surface area contributed by atoms with Crippen LogP contribution in [-0.2, 0) is 9.59 Å². The van der Waals surface area contributed by atoms with Crippen LogP contribution in [0.1, 0.15) is 11.1 Å². The highest BCUT2D eigenvalue weighted by atomic mass is 16.4. The Morgan fingerprint density at radius 1 is 0.636 bits per heavy atom. The molecule has 0 bridgehead atoms. The van der Waals surface area contributed by atoms with Gasteiger partial charge in [-0.15, -0.1) is 0 Å². The molecule has 0 radical (unpaired) electrons. The van der Waals surface area contributed by atoms with Crippen molar-refractivity contribution in [1.82, 2.24) is 0 Å². The van der Waals surface area contributed by atoms with Crippen LogP contribution in [0.2, 0.25) is 0 Å². The largest absolute Gasteiger partial charge is 0.507 e. The van der Waals surface area contributed by atoms with E-state index in [2.05, 4.69) is 0 Å². The fraction of sp³-hybridized carbons (Fsp3) is 0. The zero-order chi connectivity index (χ0) is 16.3. The molecule has 0 unspecified atom stereocenters. The van der Waals surface area contributed by atoms with Crippen LogP contribution in [0.5, 0.6) is 11.5 Å². The van der Waals surface area contributed by atoms with E-state index < -0.39 is 23.1 Å². The predicted octanol–water partition coefficient (Wildman–Crippen LogP) is 2.18. The Morgan fingerprint density at radius 3 is 1.23 bits per heavy atom. The molecule has 6 heteroatoms. The Bertz CT molecular complexity index is 710. The van der Waals surface area contributed by atoms with Crippen LogP contribution in [0.4, 0.5) is 0 Å². The number of para-hydroxylation sites is 2. The minimum Gasteiger partial charge on any atom is -0.507 e. The number of phenols is 2. The summed E-state index contributed by atoms with van der Waals surface area (Å²) in [5.74, 6) is -3.78. The van der Waals surface area contributed by atoms with Crippen molar-refractivity contribution in [3.63, 3.8) is 0 Å². The molecule has 0 aromatic heterocycles. The standard InChI is InChI=1S/C16H12O6/c17-11-7-3-1-5-9(11)13(15(19)20)14(16(21)22)10-6-2-4-8-12(10)18/h1-8,17-18H,(H,19,20)(H,21,22). The van der Waals surface area contributed by atoms with E-state index in [4.69, 9.17) is 0 Å². The van der Waals surface area contributed by atoms with E-state index in [1.165, 1.54) is 48.5 Å². The Hall–Kier alpha value is -3.28. The van der Waals surface area contributed by atoms with Gasteiger partial charge in [0.2, 0.25) is 0 Å². The minimum absolute atomic E-state index is 0.143. The van der Waals surface area contributed by atoms with Crippen molar-refractivity contribution in [3.8, 4) is 11.5 Å². The first-order chi connectivity index (χ1) is 10.4. The molecule has 6 nitrogen and oxygen atoms in total. The lowest BCUT2D eigenvalue weighted by Crippen LogP contribution is -2.10. The van der Waals surface area contributed by atoms with E-state index >= 15 is 0 Å². The van der Waals surface area contributed by atoms with Gasteiger partial charge in [0, 0.05) is 11.1 Å². The molecule has 112 valence electrons. The summed E-state index contributed by atoms with van der Waals surface area (Å²) in [5, 5.41) is 38.5. The summed E-state index contributed by atoms with van der Waals surface area (Å²) in [4.78, 5) is 23.1. The first kappa shape index (κ1) is 15.1. The SMILES string of the molecule is O=C(O)C(=C(C(=O)O)c1ccccc1O)c1ccccc1O. The average molecular weight is 300 g/mol. The molecule has 2 aromatic carbocycles. The van der Waals surface area contributed by atoms with E-state index in [0.29, 0.717) is 0 Å². The molecule has 0 aliphatic rings. The van der Waals surface area contributed by atoms with Gasteiger partial charge in [-0.1, -0.05) is 36.4 Å². The summed E-state index contributed by atoms with van der Waals surface area (Å²) in [6, 6.07) is 11.0. The minimum atomic E-state index is -1.53. The van der Waals surface area contributed by atoms with Crippen molar-refractivity contribution in [3.05, 3.63) is 59.7 Å². The highest BCUT2D eigenvalue weighted by molar-refractivity contribution is 6.37. The fourth-order valence-electron chi connectivity index (χ4n) is 2.08. The number of hydrogen-bond acceptors (Lipinski definition) is 4. The predicted molar refractivity (Wildman–Crippen MR) is 78.3 cm³/mol. The van der Waals surface area contributed by atoms with Crippen LogP contribution < -0.4 is 0 Å². The smallest absolute Gasteiger partial charge is 0.337 e. The second-order valence-corrected chi connectivity index (χ2v) is 4.39. The third-order valence-electron chi connectivity index (χ3n) is 3.02. The third kappa shape index (κ3) is 2.76. The lowest BCUT2D eigenvalue weighted by Gasteiger charge is -2.12. The quantitative estimate of drug-likeness (QED) is 0.508. The maximum absolute atomic E-state index is 11.6. The summed E-state index contributed by atoms with van der Waals surface area (Å²) >= 11 is 0. The average Bonchev–Trinajstić information content (AvgIpc) is 2.46. The molecule has 0 saturated heterocycles. The van der Waals surface area contributed by atoms with Gasteiger partial charge in [0.15, 0.2) is 0 Å². The van der Waals surface area contributed by atoms with Crippen LogP contribution in [-0.4, -0.2) is 32.4 Å². The van der Waals surface area contributed by atoms with Crippen LogP contribution in [0, 0.1) is 0 Å². The summed E-state index contributed by atoms with van der Waals surface area (Å²) in [6.07, 6.45) is 0. The second-order valence-electron chi connectivity index (χ2n) is 4.39. The molecule has 0 fully saturated rings. The van der Waals surface area contributed by atoms with Gasteiger partial charge in [0.1, 0.15) is 11.5 Å². The fourth-order valence-corrected chi connectivity index (χ4v) is 2.08. The third-order valence-corrected chi connectivity index (χ3v) is 3.02. The van der Waals surface area contributed by atoms with E-state index in [-0.39, 0.29) is 22.6 Å². The Balaban J connectivity index is 2.87. The molecule has 2 rings (SSSR count). The molecule has 0 amide bonds. The number of benzene rings is 2. The molecular weight excluding hydrogens is 288 g/mol. The van der Waals surface area contributed by atoms with Gasteiger partial charge in [0.25, 0.3) is 0 Å². The maximum Gasteiger partial charge on any atom is 0.337 e. The van der Waals surface area contributed by atoms with Crippen molar-refractivity contribution >= 4 is 23.1 Å². The van der Waals surface area contributed by atoms with Crippen LogP contribution >= 0.6 is 0 Å². The Kier molecular flexibility index (Phi) is 4.13. The van der Waals surface area contributed by atoms with E-state index in [9.17, 15) is 30.0 Å². The summed E-state index contributed by atoms with van der Waals surface area (Å²) in [7, 11) is 0. The molecule has 0 saturated carbocycles. The lowest BCUT2D eigenvalue weighted by molar-refractivity contribution is -0.132. The van der Waals surface area contributed by atoms with Crippen molar-refractivity contribution in [2.75, 3.05) is 0 Å². The van der Waals surface area contributed by atoms with E-state index in [1.807, 2.05) is 0 Å². The first-order valence-electron chi connectivity index (χ1n) is 6.21. The summed E-state index contributed by atoms with van der Waals surface area (Å²) < 4.78 is 0. The highest BCUT2D eigenvalue weighted by Crippen LogP contribution is 2.35. The summed E-state index contributed by atoms with van der Waals surface area (Å²) in [5.41, 5.74) is -1.49. The molecule has 0 heterocycles. The van der Waals surface area contributed by atoms with Gasteiger partial charge in [-0.3, -0.25) is 0 Å². The van der Waals surface area contributed by atoms with Crippen molar-refractivity contribution < 1.29 is 30.0 Å². The number of carbonyl (C=O) groups is 2. The van der Waals surface area contributed by atoms with Gasteiger partial charge in [-0.25, -0.2) is 9.59 Å². The topological polar surface area (TPSA) is 115 Å². The monoisotopic (exact) mass is 300 g/mol. The zero-order valence-corrected chi connectivity index (χ0v) is 11.2. The van der Waals surface area contributed by atoms with Gasteiger partial charge in [-0.2, -0.15) is 0 Å². The number of hydrogen-bond donors (Lipinski definition) is 4. The number of carboxylic acids is 2. The number of aromatic hydroxyl groups is 2. The van der Waals surface area contributed by atoms with E-state index in [1.54, 1.807) is 0 Å². The van der Waals surface area contributed by atoms with E-state index in [0.717, 1.165) is 0 Å². The molecule has 4 N–H and O–H groups in total. The Labute approximate surface area is 125 Å². The number of carboxylic acid groups (broad SMARTS) is 2. The molecule has 0 atom stereocenters. The van der Waals surface area contributed by atoms with Crippen molar-refractivity contribution in [2.45, 2.75) is 0 Å². The van der Waals surface area contributed by atoms with Crippen LogP contribution in [0.25, 0.3) is 11.1 Å². The maximum atomic E-state index is 11.6. The van der Waals surface area contributed by atoms with Crippen molar-refractivity contribution in [1.29, 1.82) is 0 Å². The normalized spacial score (nSPS) is 11.6. The van der Waals surface area contributed by atoms with Crippen LogP contribution in [0.15, 0.2) is 48.5 Å². The van der Waals surface area contributed by atoms with Gasteiger partial charge >= 0.3 is 11.9 Å². The molecule has 0 aliphatic carbocycles.